The fourth-order valence-corrected chi connectivity index (χ4v) is 2.59. The largest absolute Gasteiger partial charge is 0.493 e. The van der Waals surface area contributed by atoms with Gasteiger partial charge in [-0.25, -0.2) is 0 Å². The molecule has 3 N–H and O–H groups in total. The highest BCUT2D eigenvalue weighted by atomic mass is 35.5. The van der Waals surface area contributed by atoms with Gasteiger partial charge in [-0.1, -0.05) is 6.07 Å². The van der Waals surface area contributed by atoms with Crippen LogP contribution in [0.5, 0.6) is 5.75 Å². The average molecular weight is 342 g/mol. The first-order chi connectivity index (χ1) is 10.6. The van der Waals surface area contributed by atoms with Crippen molar-refractivity contribution in [1.29, 1.82) is 0 Å². The summed E-state index contributed by atoms with van der Waals surface area (Å²) in [4.78, 5) is 25.2. The molecule has 0 aromatic heterocycles. The summed E-state index contributed by atoms with van der Waals surface area (Å²) in [5, 5.41) is 3.22. The Labute approximate surface area is 142 Å². The van der Waals surface area contributed by atoms with Crippen LogP contribution in [0.15, 0.2) is 24.3 Å². The zero-order chi connectivity index (χ0) is 15.9. The van der Waals surface area contributed by atoms with Crippen LogP contribution in [0, 0.1) is 0 Å². The normalized spacial score (nSPS) is 17.3. The average Bonchev–Trinajstić information content (AvgIpc) is 2.55. The number of primary amides is 1. The minimum Gasteiger partial charge on any atom is -0.493 e. The van der Waals surface area contributed by atoms with Crippen molar-refractivity contribution in [3.05, 3.63) is 29.8 Å². The van der Waals surface area contributed by atoms with Gasteiger partial charge in [0.05, 0.1) is 13.0 Å². The molecule has 2 rings (SSSR count). The van der Waals surface area contributed by atoms with Crippen molar-refractivity contribution >= 4 is 24.2 Å². The van der Waals surface area contributed by atoms with E-state index >= 15 is 0 Å². The zero-order valence-electron chi connectivity index (χ0n) is 13.3. The summed E-state index contributed by atoms with van der Waals surface area (Å²) in [6.45, 7) is 1.86. The fourth-order valence-electron chi connectivity index (χ4n) is 2.59. The third-order valence-electron chi connectivity index (χ3n) is 3.89. The van der Waals surface area contributed by atoms with Crippen LogP contribution in [-0.4, -0.2) is 49.5 Å². The number of halogens is 1. The van der Waals surface area contributed by atoms with Gasteiger partial charge in [0.1, 0.15) is 5.75 Å². The maximum absolute atomic E-state index is 12.2. The number of hydrogen-bond donors (Lipinski definition) is 2. The fraction of sp³-hybridized carbons (Fsp3) is 0.500. The Morgan fingerprint density at radius 3 is 2.91 bits per heavy atom. The molecule has 1 fully saturated rings. The van der Waals surface area contributed by atoms with E-state index in [9.17, 15) is 9.59 Å². The highest BCUT2D eigenvalue weighted by Gasteiger charge is 2.22. The number of carbonyl (C=O) groups is 2. The van der Waals surface area contributed by atoms with Crippen molar-refractivity contribution in [1.82, 2.24) is 10.2 Å². The number of nitrogens with two attached hydrogens (primary N) is 1. The summed E-state index contributed by atoms with van der Waals surface area (Å²) in [6.07, 6.45) is 2.46. The molecule has 6 nitrogen and oxygen atoms in total. The topological polar surface area (TPSA) is 84.7 Å². The SMILES string of the molecule is CNC1CCCN(C(=O)CCOc2cccc(C(N)=O)c2)C1.Cl. The van der Waals surface area contributed by atoms with Crippen LogP contribution in [0.25, 0.3) is 0 Å². The van der Waals surface area contributed by atoms with Gasteiger partial charge in [-0.3, -0.25) is 9.59 Å². The van der Waals surface area contributed by atoms with Gasteiger partial charge in [-0.15, -0.1) is 12.4 Å². The molecule has 0 saturated carbocycles. The first-order valence-corrected chi connectivity index (χ1v) is 7.58. The molecule has 0 radical (unpaired) electrons. The Bertz CT molecular complexity index is 539. The van der Waals surface area contributed by atoms with Gasteiger partial charge < -0.3 is 20.7 Å². The molecule has 1 aliphatic heterocycles. The second kappa shape index (κ2) is 9.37. The van der Waals surface area contributed by atoms with Crippen LogP contribution in [0.3, 0.4) is 0 Å². The number of likely N-dealkylation sites (N-methyl/N-ethyl adjacent to an activating group) is 1. The Morgan fingerprint density at radius 2 is 2.22 bits per heavy atom. The third-order valence-corrected chi connectivity index (χ3v) is 3.89. The van der Waals surface area contributed by atoms with Gasteiger partial charge in [-0.05, 0) is 38.1 Å². The highest BCUT2D eigenvalue weighted by Crippen LogP contribution is 2.14. The first-order valence-electron chi connectivity index (χ1n) is 7.58. The van der Waals surface area contributed by atoms with Gasteiger partial charge in [0, 0.05) is 24.7 Å². The predicted molar refractivity (Wildman–Crippen MR) is 91.0 cm³/mol. The van der Waals surface area contributed by atoms with E-state index in [-0.39, 0.29) is 18.3 Å². The lowest BCUT2D eigenvalue weighted by molar-refractivity contribution is -0.133. The summed E-state index contributed by atoms with van der Waals surface area (Å²) in [5.74, 6) is 0.162. The van der Waals surface area contributed by atoms with Gasteiger partial charge >= 0.3 is 0 Å². The van der Waals surface area contributed by atoms with Crippen molar-refractivity contribution in [2.45, 2.75) is 25.3 Å². The lowest BCUT2D eigenvalue weighted by atomic mass is 10.1. The Hall–Kier alpha value is -1.79. The number of piperidine rings is 1. The molecule has 1 aromatic carbocycles. The van der Waals surface area contributed by atoms with Crippen LogP contribution in [0.4, 0.5) is 0 Å². The number of rotatable bonds is 6. The minimum absolute atomic E-state index is 0. The number of ether oxygens (including phenoxy) is 1. The lowest BCUT2D eigenvalue weighted by Crippen LogP contribution is -2.47. The summed E-state index contributed by atoms with van der Waals surface area (Å²) in [5.41, 5.74) is 5.62. The molecule has 7 heteroatoms. The van der Waals surface area contributed by atoms with E-state index in [1.807, 2.05) is 11.9 Å². The maximum Gasteiger partial charge on any atom is 0.248 e. The monoisotopic (exact) mass is 341 g/mol. The number of hydrogen-bond acceptors (Lipinski definition) is 4. The van der Waals surface area contributed by atoms with Crippen LogP contribution in [0.1, 0.15) is 29.6 Å². The van der Waals surface area contributed by atoms with Crippen molar-refractivity contribution in [2.75, 3.05) is 26.7 Å². The standard InChI is InChI=1S/C16H23N3O3.ClH/c1-18-13-5-3-8-19(11-13)15(20)7-9-22-14-6-2-4-12(10-14)16(17)21;/h2,4,6,10,13,18H,3,5,7-9,11H2,1H3,(H2,17,21);1H. The van der Waals surface area contributed by atoms with Crippen LogP contribution in [0.2, 0.25) is 0 Å². The van der Waals surface area contributed by atoms with Crippen LogP contribution >= 0.6 is 12.4 Å². The van der Waals surface area contributed by atoms with Gasteiger partial charge in [0.2, 0.25) is 11.8 Å². The number of benzene rings is 1. The second-order valence-electron chi connectivity index (χ2n) is 5.46. The van der Waals surface area contributed by atoms with E-state index in [1.165, 1.54) is 0 Å². The third kappa shape index (κ3) is 5.73. The quantitative estimate of drug-likeness (QED) is 0.814. The van der Waals surface area contributed by atoms with Gasteiger partial charge in [0.15, 0.2) is 0 Å². The van der Waals surface area contributed by atoms with Gasteiger partial charge in [0.25, 0.3) is 0 Å². The molecular formula is C16H24ClN3O3. The molecule has 1 saturated heterocycles. The Balaban J connectivity index is 0.00000264. The number of nitrogens with one attached hydrogen (secondary N) is 1. The van der Waals surface area contributed by atoms with Crippen molar-refractivity contribution in [2.24, 2.45) is 5.73 Å². The molecule has 128 valence electrons. The van der Waals surface area contributed by atoms with E-state index in [2.05, 4.69) is 5.32 Å². The molecule has 0 aliphatic carbocycles. The highest BCUT2D eigenvalue weighted by molar-refractivity contribution is 5.93. The van der Waals surface area contributed by atoms with Gasteiger partial charge in [-0.2, -0.15) is 0 Å². The Morgan fingerprint density at radius 1 is 1.43 bits per heavy atom. The van der Waals surface area contributed by atoms with Crippen molar-refractivity contribution in [3.8, 4) is 5.75 Å². The minimum atomic E-state index is -0.493. The molecule has 0 spiro atoms. The molecule has 23 heavy (non-hydrogen) atoms. The molecular weight excluding hydrogens is 318 g/mol. The predicted octanol–water partition coefficient (Wildman–Crippen LogP) is 1.19. The second-order valence-corrected chi connectivity index (χ2v) is 5.46. The lowest BCUT2D eigenvalue weighted by Gasteiger charge is -2.32. The summed E-state index contributed by atoms with van der Waals surface area (Å²) in [7, 11) is 1.92. The molecule has 1 heterocycles. The van der Waals surface area contributed by atoms with Crippen molar-refractivity contribution < 1.29 is 14.3 Å². The zero-order valence-corrected chi connectivity index (χ0v) is 14.1. The summed E-state index contributed by atoms with van der Waals surface area (Å²) < 4.78 is 5.54. The number of nitrogens with zero attached hydrogens (tertiary/aromatic N) is 1. The van der Waals surface area contributed by atoms with E-state index < -0.39 is 5.91 Å². The Kier molecular flexibility index (Phi) is 7.85. The number of carbonyl (C=O) groups excluding carboxylic acids is 2. The molecule has 1 atom stereocenters. The molecule has 1 aromatic rings. The molecule has 0 bridgehead atoms. The van der Waals surface area contributed by atoms with Crippen LogP contribution < -0.4 is 15.8 Å². The maximum atomic E-state index is 12.2. The van der Waals surface area contributed by atoms with E-state index in [0.717, 1.165) is 25.9 Å². The first kappa shape index (κ1) is 19.3. The van der Waals surface area contributed by atoms with Crippen molar-refractivity contribution in [3.63, 3.8) is 0 Å². The summed E-state index contributed by atoms with van der Waals surface area (Å²) in [6, 6.07) is 7.05. The summed E-state index contributed by atoms with van der Waals surface area (Å²) >= 11 is 0. The van der Waals surface area contributed by atoms with E-state index in [1.54, 1.807) is 24.3 Å². The van der Waals surface area contributed by atoms with Crippen LogP contribution in [-0.2, 0) is 4.79 Å². The molecule has 1 unspecified atom stereocenters. The van der Waals surface area contributed by atoms with E-state index in [4.69, 9.17) is 10.5 Å². The number of amides is 2. The smallest absolute Gasteiger partial charge is 0.248 e. The molecule has 2 amide bonds. The molecule has 1 aliphatic rings. The van der Waals surface area contributed by atoms with E-state index in [0.29, 0.717) is 30.4 Å². The number of likely N-dealkylation sites (tertiary alicyclic amines) is 1.